The number of amides is 2. The molecule has 0 aromatic carbocycles. The number of aliphatic hydroxyl groups excluding tert-OH is 1. The number of piperazine rings is 1. The molecule has 8 atom stereocenters. The Morgan fingerprint density at radius 1 is 0.978 bits per heavy atom. The molecule has 5 rings (SSSR count). The van der Waals surface area contributed by atoms with Gasteiger partial charge in [-0.2, -0.15) is 0 Å². The highest BCUT2D eigenvalue weighted by molar-refractivity contribution is 5.79. The molecule has 264 valence electrons. The molecule has 7 unspecified atom stereocenters. The summed E-state index contributed by atoms with van der Waals surface area (Å²) in [6.07, 6.45) is 9.51. The third kappa shape index (κ3) is 10.1. The number of aliphatic hydroxyl groups is 1. The van der Waals surface area contributed by atoms with E-state index in [9.17, 15) is 14.7 Å². The summed E-state index contributed by atoms with van der Waals surface area (Å²) in [6, 6.07) is 0.522. The van der Waals surface area contributed by atoms with Crippen molar-refractivity contribution in [2.45, 2.75) is 115 Å². The highest BCUT2D eigenvalue weighted by Crippen LogP contribution is 2.37. The van der Waals surface area contributed by atoms with Gasteiger partial charge in [-0.15, -0.1) is 0 Å². The zero-order valence-corrected chi connectivity index (χ0v) is 28.7. The van der Waals surface area contributed by atoms with Crippen molar-refractivity contribution >= 4 is 11.8 Å². The van der Waals surface area contributed by atoms with E-state index in [1.807, 2.05) is 25.7 Å². The molecule has 5 fully saturated rings. The van der Waals surface area contributed by atoms with Crippen molar-refractivity contribution in [1.29, 1.82) is 0 Å². The minimum Gasteiger partial charge on any atom is -0.390 e. The van der Waals surface area contributed by atoms with Crippen LogP contribution in [0.2, 0.25) is 0 Å². The SMILES string of the molecule is CC(COC1CCC2CN(C[C@@H](O)CNC(=O)C3CC(NC4CCC4)NC(N4CCN(C(=O)C(C)C)CC4)C3)CCC2C1)OCN. The zero-order valence-electron chi connectivity index (χ0n) is 28.7. The molecule has 0 bridgehead atoms. The average molecular weight is 650 g/mol. The molecular weight excluding hydrogens is 586 g/mol. The summed E-state index contributed by atoms with van der Waals surface area (Å²) < 4.78 is 11.5. The van der Waals surface area contributed by atoms with E-state index in [1.165, 1.54) is 19.3 Å². The molecule has 3 heterocycles. The molecule has 0 aromatic heterocycles. The van der Waals surface area contributed by atoms with Crippen molar-refractivity contribution in [1.82, 2.24) is 30.7 Å². The Morgan fingerprint density at radius 3 is 2.46 bits per heavy atom. The van der Waals surface area contributed by atoms with Gasteiger partial charge in [0.15, 0.2) is 0 Å². The third-order valence-electron chi connectivity index (χ3n) is 11.2. The quantitative estimate of drug-likeness (QED) is 0.172. The third-order valence-corrected chi connectivity index (χ3v) is 11.2. The van der Waals surface area contributed by atoms with Gasteiger partial charge in [-0.05, 0) is 76.7 Å². The average Bonchev–Trinajstić information content (AvgIpc) is 3.04. The fourth-order valence-corrected chi connectivity index (χ4v) is 8.26. The molecule has 12 heteroatoms. The number of carbonyl (C=O) groups excluding carboxylic acids is 2. The number of β-amino-alcohol motifs (C(OH)–C–C–N with tert-alkyl or cyclic N) is 1. The van der Waals surface area contributed by atoms with Crippen LogP contribution in [0.5, 0.6) is 0 Å². The summed E-state index contributed by atoms with van der Waals surface area (Å²) in [7, 11) is 0. The van der Waals surface area contributed by atoms with Gasteiger partial charge in [-0.25, -0.2) is 0 Å². The maximum atomic E-state index is 13.5. The van der Waals surface area contributed by atoms with Gasteiger partial charge in [0.1, 0.15) is 0 Å². The number of nitrogens with two attached hydrogens (primary N) is 1. The van der Waals surface area contributed by atoms with Crippen LogP contribution in [0.15, 0.2) is 0 Å². The number of ether oxygens (including phenoxy) is 2. The first-order valence-corrected chi connectivity index (χ1v) is 18.3. The molecule has 0 radical (unpaired) electrons. The van der Waals surface area contributed by atoms with Gasteiger partial charge >= 0.3 is 0 Å². The van der Waals surface area contributed by atoms with E-state index in [1.54, 1.807) is 0 Å². The molecule has 46 heavy (non-hydrogen) atoms. The minimum atomic E-state index is -0.586. The number of likely N-dealkylation sites (tertiary alicyclic amines) is 1. The van der Waals surface area contributed by atoms with Gasteiger partial charge in [-0.3, -0.25) is 25.1 Å². The van der Waals surface area contributed by atoms with Crippen molar-refractivity contribution in [2.24, 2.45) is 29.4 Å². The molecule has 5 aliphatic rings. The maximum absolute atomic E-state index is 13.5. The van der Waals surface area contributed by atoms with E-state index >= 15 is 0 Å². The molecule has 3 aliphatic heterocycles. The summed E-state index contributed by atoms with van der Waals surface area (Å²) in [6.45, 7) is 12.7. The van der Waals surface area contributed by atoms with Crippen LogP contribution >= 0.6 is 0 Å². The molecule has 2 aliphatic carbocycles. The molecule has 6 N–H and O–H groups in total. The highest BCUT2D eigenvalue weighted by atomic mass is 16.5. The lowest BCUT2D eigenvalue weighted by Crippen LogP contribution is -2.65. The number of nitrogens with one attached hydrogen (secondary N) is 3. The number of hydrogen-bond acceptors (Lipinski definition) is 10. The first-order chi connectivity index (χ1) is 22.2. The minimum absolute atomic E-state index is 0.0165. The summed E-state index contributed by atoms with van der Waals surface area (Å²) in [5.74, 6) is 1.48. The van der Waals surface area contributed by atoms with E-state index in [4.69, 9.17) is 15.2 Å². The van der Waals surface area contributed by atoms with Crippen LogP contribution in [0.3, 0.4) is 0 Å². The second kappa shape index (κ2) is 17.3. The van der Waals surface area contributed by atoms with E-state index in [-0.39, 0.29) is 55.4 Å². The topological polar surface area (TPSA) is 145 Å². The molecule has 2 amide bonds. The number of nitrogens with zero attached hydrogens (tertiary/aromatic N) is 3. The highest BCUT2D eigenvalue weighted by Gasteiger charge is 2.39. The first kappa shape index (κ1) is 35.9. The van der Waals surface area contributed by atoms with Crippen LogP contribution in [0.25, 0.3) is 0 Å². The second-order valence-electron chi connectivity index (χ2n) is 15.1. The summed E-state index contributed by atoms with van der Waals surface area (Å²) in [4.78, 5) is 32.8. The lowest BCUT2D eigenvalue weighted by Gasteiger charge is -2.46. The lowest BCUT2D eigenvalue weighted by atomic mass is 9.74. The summed E-state index contributed by atoms with van der Waals surface area (Å²) >= 11 is 0. The Hall–Kier alpha value is -1.38. The predicted molar refractivity (Wildman–Crippen MR) is 177 cm³/mol. The number of hydrogen-bond donors (Lipinski definition) is 5. The van der Waals surface area contributed by atoms with Crippen molar-refractivity contribution in [3.05, 3.63) is 0 Å². The molecular formula is C34H63N7O5. The Kier molecular flexibility index (Phi) is 13.5. The molecule has 12 nitrogen and oxygen atoms in total. The van der Waals surface area contributed by atoms with Crippen molar-refractivity contribution in [3.63, 3.8) is 0 Å². The van der Waals surface area contributed by atoms with Crippen molar-refractivity contribution in [3.8, 4) is 0 Å². The van der Waals surface area contributed by atoms with Crippen LogP contribution in [0.1, 0.15) is 78.6 Å². The van der Waals surface area contributed by atoms with E-state index in [2.05, 4.69) is 25.8 Å². The van der Waals surface area contributed by atoms with E-state index < -0.39 is 6.10 Å². The number of rotatable bonds is 14. The Bertz CT molecular complexity index is 962. The normalized spacial score (nSPS) is 32.9. The summed E-state index contributed by atoms with van der Waals surface area (Å²) in [5, 5.41) is 21.6. The van der Waals surface area contributed by atoms with E-state index in [0.29, 0.717) is 37.1 Å². The fourth-order valence-electron chi connectivity index (χ4n) is 8.26. The maximum Gasteiger partial charge on any atom is 0.225 e. The Morgan fingerprint density at radius 2 is 1.76 bits per heavy atom. The Balaban J connectivity index is 1.05. The molecule has 0 aromatic rings. The monoisotopic (exact) mass is 649 g/mol. The molecule has 2 saturated carbocycles. The standard InChI is InChI=1S/C34H63N7O5/c1-23(2)34(44)41-13-11-40(12-14-41)32-17-27(16-31(38-32)37-28-5-4-6-28)33(43)36-18-29(42)20-39-10-9-25-15-30(8-7-26(25)19-39)45-21-24(3)46-22-35/h23-32,37-38,42H,4-22,35H2,1-3H3,(H,36,43)/t24?,25?,26?,27?,29-,30?,31?,32?/m0/s1. The smallest absolute Gasteiger partial charge is 0.225 e. The van der Waals surface area contributed by atoms with Crippen molar-refractivity contribution < 1.29 is 24.2 Å². The van der Waals surface area contributed by atoms with Gasteiger partial charge in [0.05, 0.1) is 44.0 Å². The van der Waals surface area contributed by atoms with Crippen LogP contribution < -0.4 is 21.7 Å². The summed E-state index contributed by atoms with van der Waals surface area (Å²) in [5.41, 5.74) is 5.48. The van der Waals surface area contributed by atoms with Crippen LogP contribution in [0.4, 0.5) is 0 Å². The van der Waals surface area contributed by atoms with Crippen LogP contribution in [-0.4, -0.2) is 134 Å². The van der Waals surface area contributed by atoms with Gasteiger partial charge < -0.3 is 35.4 Å². The lowest BCUT2D eigenvalue weighted by molar-refractivity contribution is -0.137. The van der Waals surface area contributed by atoms with Crippen LogP contribution in [-0.2, 0) is 19.1 Å². The largest absolute Gasteiger partial charge is 0.390 e. The number of fused-ring (bicyclic) bond motifs is 1. The van der Waals surface area contributed by atoms with Gasteiger partial charge in [0.2, 0.25) is 11.8 Å². The van der Waals surface area contributed by atoms with Gasteiger partial charge in [0, 0.05) is 63.7 Å². The first-order valence-electron chi connectivity index (χ1n) is 18.3. The van der Waals surface area contributed by atoms with Crippen molar-refractivity contribution in [2.75, 3.05) is 65.7 Å². The second-order valence-corrected chi connectivity index (χ2v) is 15.1. The Labute approximate surface area is 276 Å². The molecule has 3 saturated heterocycles. The number of carbonyl (C=O) groups is 2. The van der Waals surface area contributed by atoms with E-state index in [0.717, 1.165) is 77.8 Å². The number of piperidine rings is 2. The molecule has 0 spiro atoms. The predicted octanol–water partition coefficient (Wildman–Crippen LogP) is 0.886. The van der Waals surface area contributed by atoms with Gasteiger partial charge in [0.25, 0.3) is 0 Å². The van der Waals surface area contributed by atoms with Crippen LogP contribution in [0, 0.1) is 23.7 Å². The fraction of sp³-hybridized carbons (Fsp3) is 0.941. The van der Waals surface area contributed by atoms with Gasteiger partial charge in [-0.1, -0.05) is 20.3 Å². The zero-order chi connectivity index (χ0) is 32.6.